The van der Waals surface area contributed by atoms with Crippen LogP contribution in [0.5, 0.6) is 0 Å². The highest BCUT2D eigenvalue weighted by atomic mass is 16.6. The number of hydrogen-bond acceptors (Lipinski definition) is 7. The molecule has 0 spiro atoms. The van der Waals surface area contributed by atoms with E-state index in [1.807, 2.05) is 0 Å². The van der Waals surface area contributed by atoms with Gasteiger partial charge in [0.15, 0.2) is 6.23 Å². The van der Waals surface area contributed by atoms with Crippen LogP contribution in [0.2, 0.25) is 0 Å². The van der Waals surface area contributed by atoms with Gasteiger partial charge in [-0.15, -0.1) is 0 Å². The topological polar surface area (TPSA) is 134 Å². The highest BCUT2D eigenvalue weighted by Crippen LogP contribution is 2.27. The van der Waals surface area contributed by atoms with Crippen molar-refractivity contribution in [1.29, 1.82) is 0 Å². The lowest BCUT2D eigenvalue weighted by atomic mass is 10.1. The Morgan fingerprint density at radius 1 is 1.50 bits per heavy atom. The van der Waals surface area contributed by atoms with Gasteiger partial charge in [0.1, 0.15) is 24.1 Å². The van der Waals surface area contributed by atoms with E-state index in [2.05, 4.69) is 10.3 Å². The fraction of sp³-hybridized carbons (Fsp3) is 0.545. The van der Waals surface area contributed by atoms with Gasteiger partial charge in [-0.25, -0.2) is 4.79 Å². The Morgan fingerprint density at radius 3 is 2.70 bits per heavy atom. The Labute approximate surface area is 113 Å². The third-order valence-corrected chi connectivity index (χ3v) is 2.93. The zero-order chi connectivity index (χ0) is 14.9. The number of nitrogens with one attached hydrogen (secondary N) is 1. The molecule has 1 aromatic heterocycles. The number of nitrogens with zero attached hydrogens (tertiary/aromatic N) is 2. The molecule has 0 aromatic carbocycles. The first-order valence-electron chi connectivity index (χ1n) is 5.93. The summed E-state index contributed by atoms with van der Waals surface area (Å²) >= 11 is 0. The predicted octanol–water partition coefficient (Wildman–Crippen LogP) is -2.19. The molecule has 1 aliphatic heterocycles. The minimum Gasteiger partial charge on any atom is -0.394 e. The van der Waals surface area contributed by atoms with Crippen LogP contribution in [-0.4, -0.2) is 55.7 Å². The smallest absolute Gasteiger partial charge is 0.351 e. The predicted molar refractivity (Wildman–Crippen MR) is 65.8 cm³/mol. The molecule has 1 saturated heterocycles. The second-order valence-electron chi connectivity index (χ2n) is 4.41. The van der Waals surface area contributed by atoms with E-state index in [1.54, 1.807) is 0 Å². The van der Waals surface area contributed by atoms with Crippen molar-refractivity contribution in [3.8, 4) is 0 Å². The number of aliphatic hydroxyl groups is 3. The van der Waals surface area contributed by atoms with Crippen molar-refractivity contribution in [2.75, 3.05) is 11.9 Å². The van der Waals surface area contributed by atoms with Crippen LogP contribution in [0.1, 0.15) is 13.2 Å². The molecular formula is C11H15N3O6. The van der Waals surface area contributed by atoms with Gasteiger partial charge in [0, 0.05) is 13.1 Å². The average molecular weight is 285 g/mol. The maximum absolute atomic E-state index is 11.8. The monoisotopic (exact) mass is 285 g/mol. The summed E-state index contributed by atoms with van der Waals surface area (Å²) in [5.41, 5.74) is -0.758. The Morgan fingerprint density at radius 2 is 2.20 bits per heavy atom. The quantitative estimate of drug-likeness (QED) is 0.495. The van der Waals surface area contributed by atoms with E-state index in [0.717, 1.165) is 4.57 Å². The number of carbonyl (C=O) groups excluding carboxylic acids is 1. The number of hydrogen-bond donors (Lipinski definition) is 4. The van der Waals surface area contributed by atoms with Crippen molar-refractivity contribution in [3.05, 3.63) is 22.7 Å². The van der Waals surface area contributed by atoms with Crippen molar-refractivity contribution in [2.45, 2.75) is 31.5 Å². The molecule has 1 aliphatic rings. The van der Waals surface area contributed by atoms with Crippen LogP contribution < -0.4 is 11.0 Å². The fourth-order valence-corrected chi connectivity index (χ4v) is 1.97. The third kappa shape index (κ3) is 2.70. The van der Waals surface area contributed by atoms with Crippen LogP contribution in [-0.2, 0) is 9.53 Å². The van der Waals surface area contributed by atoms with E-state index in [9.17, 15) is 19.8 Å². The molecule has 1 fully saturated rings. The Bertz CT molecular complexity index is 559. The summed E-state index contributed by atoms with van der Waals surface area (Å²) in [5, 5.41) is 30.8. The number of aliphatic hydroxyl groups excluding tert-OH is 3. The summed E-state index contributed by atoms with van der Waals surface area (Å²) < 4.78 is 6.19. The minimum absolute atomic E-state index is 0.0745. The zero-order valence-corrected chi connectivity index (χ0v) is 10.6. The number of aromatic nitrogens is 2. The van der Waals surface area contributed by atoms with Crippen LogP contribution in [0, 0.1) is 0 Å². The Balaban J connectivity index is 2.26. The molecule has 1 amide bonds. The molecule has 2 rings (SSSR count). The summed E-state index contributed by atoms with van der Waals surface area (Å²) in [6, 6.07) is 1.36. The van der Waals surface area contributed by atoms with Crippen LogP contribution in [0.3, 0.4) is 0 Å². The molecule has 0 saturated carbocycles. The molecule has 0 unspecified atom stereocenters. The second kappa shape index (κ2) is 5.67. The van der Waals surface area contributed by atoms with Gasteiger partial charge in [0.25, 0.3) is 0 Å². The minimum atomic E-state index is -1.36. The number of carbonyl (C=O) groups is 1. The molecule has 0 bridgehead atoms. The molecule has 4 N–H and O–H groups in total. The zero-order valence-electron chi connectivity index (χ0n) is 10.6. The van der Waals surface area contributed by atoms with Gasteiger partial charge < -0.3 is 25.4 Å². The first-order chi connectivity index (χ1) is 9.43. The van der Waals surface area contributed by atoms with Gasteiger partial charge in [-0.1, -0.05) is 0 Å². The van der Waals surface area contributed by atoms with Crippen LogP contribution in [0.15, 0.2) is 17.1 Å². The van der Waals surface area contributed by atoms with Crippen molar-refractivity contribution < 1.29 is 24.9 Å². The lowest BCUT2D eigenvalue weighted by molar-refractivity contribution is -0.114. The van der Waals surface area contributed by atoms with E-state index in [1.165, 1.54) is 19.2 Å². The largest absolute Gasteiger partial charge is 0.394 e. The summed E-state index contributed by atoms with van der Waals surface area (Å²) in [6.45, 7) is 0.792. The SMILES string of the molecule is CC(=O)Nc1ccn([C@H]2O[C@@H](CO)[C@@H](O)[C@@H]2O)c(=O)n1. The standard InChI is InChI=1S/C11H15N3O6/c1-5(16)12-7-2-3-14(11(19)13-7)10-9(18)8(17)6(4-15)20-10/h2-3,6,8-10,15,17-18H,4H2,1H3,(H,12,13,16,19)/t6-,8+,9-,10-/m0/s1. The van der Waals surface area contributed by atoms with Gasteiger partial charge in [0.2, 0.25) is 5.91 Å². The van der Waals surface area contributed by atoms with Crippen molar-refractivity contribution in [2.24, 2.45) is 0 Å². The lowest BCUT2D eigenvalue weighted by Crippen LogP contribution is -2.36. The summed E-state index contributed by atoms with van der Waals surface area (Å²) in [7, 11) is 0. The Kier molecular flexibility index (Phi) is 4.14. The average Bonchev–Trinajstić information content (AvgIpc) is 2.66. The normalized spacial score (nSPS) is 29.4. The van der Waals surface area contributed by atoms with Gasteiger partial charge in [-0.2, -0.15) is 4.98 Å². The molecule has 1 aromatic rings. The highest BCUT2D eigenvalue weighted by molar-refractivity contribution is 5.87. The first kappa shape index (κ1) is 14.6. The molecule has 4 atom stereocenters. The molecule has 0 aliphatic carbocycles. The van der Waals surface area contributed by atoms with Crippen LogP contribution in [0.4, 0.5) is 5.82 Å². The second-order valence-corrected chi connectivity index (χ2v) is 4.41. The van der Waals surface area contributed by atoms with Gasteiger partial charge >= 0.3 is 5.69 Å². The fourth-order valence-electron chi connectivity index (χ4n) is 1.97. The molecule has 2 heterocycles. The van der Waals surface area contributed by atoms with E-state index in [-0.39, 0.29) is 11.7 Å². The van der Waals surface area contributed by atoms with E-state index >= 15 is 0 Å². The van der Waals surface area contributed by atoms with Crippen molar-refractivity contribution >= 4 is 11.7 Å². The third-order valence-electron chi connectivity index (χ3n) is 2.93. The molecule has 9 heteroatoms. The summed E-state index contributed by atoms with van der Waals surface area (Å²) in [4.78, 5) is 26.3. The van der Waals surface area contributed by atoms with Gasteiger partial charge in [0.05, 0.1) is 6.61 Å². The van der Waals surface area contributed by atoms with Gasteiger partial charge in [-0.05, 0) is 6.07 Å². The summed E-state index contributed by atoms with van der Waals surface area (Å²) in [6.07, 6.45) is -3.50. The van der Waals surface area contributed by atoms with Crippen LogP contribution >= 0.6 is 0 Å². The highest BCUT2D eigenvalue weighted by Gasteiger charge is 2.43. The summed E-state index contributed by atoms with van der Waals surface area (Å²) in [5.74, 6) is -0.298. The number of rotatable bonds is 3. The number of amides is 1. The Hall–Kier alpha value is -1.81. The molecule has 20 heavy (non-hydrogen) atoms. The van der Waals surface area contributed by atoms with Crippen molar-refractivity contribution in [1.82, 2.24) is 9.55 Å². The first-order valence-corrected chi connectivity index (χ1v) is 5.93. The molecule has 0 radical (unpaired) electrons. The maximum atomic E-state index is 11.8. The van der Waals surface area contributed by atoms with Crippen molar-refractivity contribution in [3.63, 3.8) is 0 Å². The molecule has 110 valence electrons. The lowest BCUT2D eigenvalue weighted by Gasteiger charge is -2.17. The number of anilines is 1. The number of ether oxygens (including phenoxy) is 1. The van der Waals surface area contributed by atoms with E-state index in [0.29, 0.717) is 0 Å². The molecular weight excluding hydrogens is 270 g/mol. The van der Waals surface area contributed by atoms with Crippen LogP contribution in [0.25, 0.3) is 0 Å². The maximum Gasteiger partial charge on any atom is 0.351 e. The van der Waals surface area contributed by atoms with E-state index in [4.69, 9.17) is 9.84 Å². The molecule has 9 nitrogen and oxygen atoms in total. The van der Waals surface area contributed by atoms with E-state index < -0.39 is 36.8 Å². The van der Waals surface area contributed by atoms with Gasteiger partial charge in [-0.3, -0.25) is 9.36 Å².